The van der Waals surface area contributed by atoms with Crippen molar-refractivity contribution in [2.24, 2.45) is 0 Å². The van der Waals surface area contributed by atoms with Gasteiger partial charge in [0.05, 0.1) is 5.56 Å². The van der Waals surface area contributed by atoms with Crippen molar-refractivity contribution in [3.8, 4) is 5.75 Å². The third kappa shape index (κ3) is 4.60. The lowest BCUT2D eigenvalue weighted by Gasteiger charge is -2.07. The first-order valence-corrected chi connectivity index (χ1v) is 8.22. The Morgan fingerprint density at radius 1 is 1.05 bits per heavy atom. The molecule has 1 amide bonds. The molecule has 0 spiro atoms. The maximum absolute atomic E-state index is 12.0. The number of aromatic hydroxyl groups is 1. The van der Waals surface area contributed by atoms with Crippen LogP contribution in [0.2, 0.25) is 0 Å². The fraction of sp³-hybridized carbons (Fsp3) is 0.188. The topological polar surface area (TPSA) is 83.5 Å². The molecule has 22 heavy (non-hydrogen) atoms. The van der Waals surface area contributed by atoms with E-state index in [0.717, 1.165) is 5.56 Å². The van der Waals surface area contributed by atoms with Gasteiger partial charge < -0.3 is 10.4 Å². The van der Waals surface area contributed by atoms with Gasteiger partial charge in [-0.2, -0.15) is 0 Å². The molecule has 0 heterocycles. The number of amides is 1. The van der Waals surface area contributed by atoms with E-state index in [1.807, 2.05) is 12.1 Å². The molecule has 0 bridgehead atoms. The molecular formula is C16H17NO4S. The minimum Gasteiger partial charge on any atom is -0.507 e. The molecule has 5 nitrogen and oxygen atoms in total. The van der Waals surface area contributed by atoms with Crippen molar-refractivity contribution in [3.05, 3.63) is 59.7 Å². The van der Waals surface area contributed by atoms with Gasteiger partial charge in [-0.05, 0) is 42.7 Å². The maximum Gasteiger partial charge on any atom is 0.259 e. The fourth-order valence-corrected chi connectivity index (χ4v) is 2.45. The molecule has 2 aromatic carbocycles. The van der Waals surface area contributed by atoms with E-state index >= 15 is 0 Å². The Balaban J connectivity index is 1.96. The number of carbonyl (C=O) groups is 1. The average molecular weight is 319 g/mol. The Bertz CT molecular complexity index is 715. The molecule has 0 saturated heterocycles. The van der Waals surface area contributed by atoms with E-state index in [0.29, 0.717) is 18.5 Å². The molecule has 0 aliphatic carbocycles. The van der Waals surface area contributed by atoms with E-state index in [4.69, 9.17) is 0 Å². The number of thiol groups is 1. The number of anilines is 1. The number of para-hydroxylation sites is 1. The summed E-state index contributed by atoms with van der Waals surface area (Å²) in [6, 6.07) is 13.5. The zero-order chi connectivity index (χ0) is 15.9. The van der Waals surface area contributed by atoms with Crippen molar-refractivity contribution in [2.45, 2.75) is 12.8 Å². The second-order valence-electron chi connectivity index (χ2n) is 4.83. The van der Waals surface area contributed by atoms with E-state index in [1.54, 1.807) is 30.3 Å². The van der Waals surface area contributed by atoms with Crippen LogP contribution in [0.4, 0.5) is 5.69 Å². The average Bonchev–Trinajstić information content (AvgIpc) is 2.49. The lowest BCUT2D eigenvalue weighted by Crippen LogP contribution is -2.11. The first kappa shape index (κ1) is 16.0. The number of aryl methyl sites for hydroxylation is 1. The number of carbonyl (C=O) groups excluding carboxylic acids is 1. The zero-order valence-electron chi connectivity index (χ0n) is 11.9. The fourth-order valence-electron chi connectivity index (χ4n) is 2.03. The summed E-state index contributed by atoms with van der Waals surface area (Å²) in [5.41, 5.74) is 1.84. The summed E-state index contributed by atoms with van der Waals surface area (Å²) >= 11 is 0. The van der Waals surface area contributed by atoms with E-state index in [9.17, 15) is 18.3 Å². The van der Waals surface area contributed by atoms with Crippen LogP contribution < -0.4 is 5.32 Å². The molecular weight excluding hydrogens is 302 g/mol. The van der Waals surface area contributed by atoms with E-state index in [-0.39, 0.29) is 23.0 Å². The van der Waals surface area contributed by atoms with Gasteiger partial charge in [-0.15, -0.1) is 0 Å². The van der Waals surface area contributed by atoms with Gasteiger partial charge in [0.2, 0.25) is 0 Å². The molecule has 0 saturated carbocycles. The SMILES string of the molecule is O=C(Nc1ccc(CCC[SH](=O)=O)cc1)c1ccccc1O. The van der Waals surface area contributed by atoms with Crippen LogP contribution in [0.3, 0.4) is 0 Å². The number of rotatable bonds is 6. The number of benzene rings is 2. The highest BCUT2D eigenvalue weighted by Crippen LogP contribution is 2.18. The monoisotopic (exact) mass is 319 g/mol. The lowest BCUT2D eigenvalue weighted by molar-refractivity contribution is 0.102. The molecule has 2 aromatic rings. The Morgan fingerprint density at radius 2 is 1.73 bits per heavy atom. The minimum atomic E-state index is -2.32. The van der Waals surface area contributed by atoms with Gasteiger partial charge in [0, 0.05) is 11.4 Å². The smallest absolute Gasteiger partial charge is 0.259 e. The molecule has 0 atom stereocenters. The number of phenolic OH excluding ortho intramolecular Hbond substituents is 1. The maximum atomic E-state index is 12.0. The number of phenols is 1. The Labute approximate surface area is 130 Å². The van der Waals surface area contributed by atoms with Crippen LogP contribution in [-0.4, -0.2) is 25.2 Å². The summed E-state index contributed by atoms with van der Waals surface area (Å²) in [5.74, 6) is -0.265. The summed E-state index contributed by atoms with van der Waals surface area (Å²) in [5, 5.41) is 12.3. The summed E-state index contributed by atoms with van der Waals surface area (Å²) in [6.07, 6.45) is 1.26. The molecule has 116 valence electrons. The standard InChI is InChI=1S/C16H17NO4S/c18-15-6-2-1-5-14(15)16(19)17-13-9-7-12(8-10-13)4-3-11-22(20)21/h1-2,5-10,18,22H,3-4,11H2,(H,17,19). The molecule has 0 fully saturated rings. The molecule has 0 radical (unpaired) electrons. The van der Waals surface area contributed by atoms with Crippen LogP contribution in [-0.2, 0) is 17.1 Å². The highest BCUT2D eigenvalue weighted by molar-refractivity contribution is 7.72. The highest BCUT2D eigenvalue weighted by Gasteiger charge is 2.10. The second kappa shape index (κ2) is 7.61. The predicted molar refractivity (Wildman–Crippen MR) is 86.0 cm³/mol. The largest absolute Gasteiger partial charge is 0.507 e. The summed E-state index contributed by atoms with van der Waals surface area (Å²) in [6.45, 7) is 0. The molecule has 0 unspecified atom stereocenters. The first-order valence-electron chi connectivity index (χ1n) is 6.86. The van der Waals surface area contributed by atoms with Crippen LogP contribution in [0.25, 0.3) is 0 Å². The van der Waals surface area contributed by atoms with Gasteiger partial charge in [-0.3, -0.25) is 4.79 Å². The van der Waals surface area contributed by atoms with Crippen molar-refractivity contribution >= 4 is 22.3 Å². The Kier molecular flexibility index (Phi) is 5.55. The number of nitrogens with one attached hydrogen (secondary N) is 1. The summed E-state index contributed by atoms with van der Waals surface area (Å²) in [7, 11) is -2.32. The number of hydrogen-bond acceptors (Lipinski definition) is 4. The van der Waals surface area contributed by atoms with Gasteiger partial charge in [-0.1, -0.05) is 24.3 Å². The van der Waals surface area contributed by atoms with Gasteiger partial charge in [0.25, 0.3) is 5.91 Å². The van der Waals surface area contributed by atoms with Crippen LogP contribution in [0.15, 0.2) is 48.5 Å². The van der Waals surface area contributed by atoms with Gasteiger partial charge in [0.1, 0.15) is 16.5 Å². The first-order chi connectivity index (χ1) is 10.6. The second-order valence-corrected chi connectivity index (χ2v) is 5.94. The molecule has 0 aliphatic heterocycles. The number of hydrogen-bond donors (Lipinski definition) is 3. The molecule has 0 aliphatic rings. The molecule has 2 rings (SSSR count). The predicted octanol–water partition coefficient (Wildman–Crippen LogP) is 2.19. The molecule has 0 aromatic heterocycles. The Morgan fingerprint density at radius 3 is 2.36 bits per heavy atom. The zero-order valence-corrected chi connectivity index (χ0v) is 12.8. The normalized spacial score (nSPS) is 10.6. The van der Waals surface area contributed by atoms with Crippen molar-refractivity contribution in [3.63, 3.8) is 0 Å². The van der Waals surface area contributed by atoms with Gasteiger partial charge in [0.15, 0.2) is 0 Å². The Hall–Kier alpha value is -2.34. The minimum absolute atomic E-state index is 0.0663. The molecule has 2 N–H and O–H groups in total. The van der Waals surface area contributed by atoms with Crippen molar-refractivity contribution in [2.75, 3.05) is 11.1 Å². The van der Waals surface area contributed by atoms with Crippen LogP contribution in [0, 0.1) is 0 Å². The summed E-state index contributed by atoms with van der Waals surface area (Å²) < 4.78 is 21.0. The molecule has 6 heteroatoms. The van der Waals surface area contributed by atoms with Crippen LogP contribution >= 0.6 is 0 Å². The summed E-state index contributed by atoms with van der Waals surface area (Å²) in [4.78, 5) is 12.0. The van der Waals surface area contributed by atoms with Crippen molar-refractivity contribution in [1.29, 1.82) is 0 Å². The van der Waals surface area contributed by atoms with Crippen LogP contribution in [0.5, 0.6) is 5.75 Å². The van der Waals surface area contributed by atoms with Crippen LogP contribution in [0.1, 0.15) is 22.3 Å². The highest BCUT2D eigenvalue weighted by atomic mass is 32.2. The lowest BCUT2D eigenvalue weighted by atomic mass is 10.1. The van der Waals surface area contributed by atoms with E-state index < -0.39 is 10.7 Å². The van der Waals surface area contributed by atoms with Crippen molar-refractivity contribution < 1.29 is 18.3 Å². The van der Waals surface area contributed by atoms with Crippen molar-refractivity contribution in [1.82, 2.24) is 0 Å². The van der Waals surface area contributed by atoms with E-state index in [2.05, 4.69) is 5.32 Å². The quantitative estimate of drug-likeness (QED) is 0.713. The third-order valence-electron chi connectivity index (χ3n) is 3.17. The van der Waals surface area contributed by atoms with E-state index in [1.165, 1.54) is 6.07 Å². The van der Waals surface area contributed by atoms with Gasteiger partial charge in [-0.25, -0.2) is 8.42 Å². The van der Waals surface area contributed by atoms with Gasteiger partial charge >= 0.3 is 0 Å². The third-order valence-corrected chi connectivity index (χ3v) is 3.85.